The molecule has 0 bridgehead atoms. The smallest absolute Gasteiger partial charge is 0.204 e. The molecule has 3 heterocycles. The molecule has 2 aliphatic rings. The van der Waals surface area contributed by atoms with E-state index in [0.717, 1.165) is 60.4 Å². The van der Waals surface area contributed by atoms with Gasteiger partial charge in [0.25, 0.3) is 0 Å². The molecule has 4 nitrogen and oxygen atoms in total. The molecule has 8 heteroatoms. The van der Waals surface area contributed by atoms with Crippen LogP contribution in [-0.4, -0.2) is 35.6 Å². The summed E-state index contributed by atoms with van der Waals surface area (Å²) in [5.41, 5.74) is 1.98. The van der Waals surface area contributed by atoms with Gasteiger partial charge in [-0.05, 0) is 102 Å². The number of aromatic nitrogens is 2. The lowest BCUT2D eigenvalue weighted by Crippen LogP contribution is -2.34. The third kappa shape index (κ3) is 2.82. The number of aromatic amines is 1. The van der Waals surface area contributed by atoms with Crippen molar-refractivity contribution in [2.24, 2.45) is 5.92 Å². The largest absolute Gasteiger partial charge is 0.339 e. The number of benzene rings is 1. The molecule has 1 aromatic carbocycles. The molecule has 2 saturated heterocycles. The average molecular weight is 572 g/mol. The highest BCUT2D eigenvalue weighted by Gasteiger charge is 2.36. The number of nitrogens with zero attached hydrogens (tertiary/aromatic N) is 2. The van der Waals surface area contributed by atoms with Crippen LogP contribution in [0.4, 0.5) is 5.95 Å². The van der Waals surface area contributed by atoms with Gasteiger partial charge in [0.1, 0.15) is 5.52 Å². The van der Waals surface area contributed by atoms with Crippen LogP contribution in [-0.2, 0) is 0 Å². The topological polar surface area (TPSA) is 44.0 Å². The Morgan fingerprint density at radius 3 is 2.48 bits per heavy atom. The second-order valence-electron chi connectivity index (χ2n) is 6.18. The Morgan fingerprint density at radius 2 is 1.65 bits per heavy atom. The standard InChI is InChI=1S/C15H16Br4N4/c16-9-10(17)12(19)14-13(11(9)18)21-15(22-14)23-6-3-7-1-4-20-5-2-8(7)23/h7-8,20H,1-6H2,(H,21,22). The minimum atomic E-state index is 0.593. The highest BCUT2D eigenvalue weighted by Crippen LogP contribution is 2.44. The Bertz CT molecular complexity index is 715. The first kappa shape index (κ1) is 16.8. The molecule has 2 aromatic rings. The minimum absolute atomic E-state index is 0.593. The van der Waals surface area contributed by atoms with Gasteiger partial charge in [-0.3, -0.25) is 0 Å². The second-order valence-corrected chi connectivity index (χ2v) is 9.35. The fourth-order valence-corrected chi connectivity index (χ4v) is 6.08. The number of fused-ring (bicyclic) bond motifs is 2. The number of hydrogen-bond donors (Lipinski definition) is 2. The van der Waals surface area contributed by atoms with Crippen molar-refractivity contribution in [3.8, 4) is 0 Å². The van der Waals surface area contributed by atoms with E-state index in [0.29, 0.717) is 6.04 Å². The third-order valence-corrected chi connectivity index (χ3v) is 9.71. The van der Waals surface area contributed by atoms with Crippen molar-refractivity contribution >= 4 is 80.7 Å². The van der Waals surface area contributed by atoms with Crippen LogP contribution in [0.25, 0.3) is 11.0 Å². The van der Waals surface area contributed by atoms with E-state index < -0.39 is 0 Å². The molecule has 0 saturated carbocycles. The number of H-pyrrole nitrogens is 1. The lowest BCUT2D eigenvalue weighted by atomic mass is 9.96. The van der Waals surface area contributed by atoms with E-state index in [-0.39, 0.29) is 0 Å². The number of nitrogens with one attached hydrogen (secondary N) is 2. The van der Waals surface area contributed by atoms with Crippen molar-refractivity contribution in [2.75, 3.05) is 24.5 Å². The van der Waals surface area contributed by atoms with Crippen LogP contribution in [0, 0.1) is 5.92 Å². The van der Waals surface area contributed by atoms with E-state index in [1.165, 1.54) is 19.3 Å². The van der Waals surface area contributed by atoms with Crippen LogP contribution in [0.3, 0.4) is 0 Å². The van der Waals surface area contributed by atoms with Crippen LogP contribution in [0.5, 0.6) is 0 Å². The van der Waals surface area contributed by atoms with E-state index in [1.54, 1.807) is 0 Å². The first-order chi connectivity index (χ1) is 11.1. The van der Waals surface area contributed by atoms with E-state index >= 15 is 0 Å². The van der Waals surface area contributed by atoms with Gasteiger partial charge in [0, 0.05) is 21.5 Å². The first-order valence-corrected chi connectivity index (χ1v) is 10.9. The number of rotatable bonds is 1. The number of imidazole rings is 1. The quantitative estimate of drug-likeness (QED) is 0.366. The van der Waals surface area contributed by atoms with Gasteiger partial charge in [0.15, 0.2) is 0 Å². The molecule has 2 aliphatic heterocycles. The maximum Gasteiger partial charge on any atom is 0.204 e. The van der Waals surface area contributed by atoms with Crippen molar-refractivity contribution in [1.29, 1.82) is 0 Å². The summed E-state index contributed by atoms with van der Waals surface area (Å²) >= 11 is 14.6. The number of hydrogen-bond acceptors (Lipinski definition) is 3. The molecule has 2 fully saturated rings. The Balaban J connectivity index is 1.78. The maximum absolute atomic E-state index is 4.90. The van der Waals surface area contributed by atoms with E-state index in [4.69, 9.17) is 4.98 Å². The summed E-state index contributed by atoms with van der Waals surface area (Å²) in [6.45, 7) is 3.33. The molecule has 2 atom stereocenters. The van der Waals surface area contributed by atoms with Crippen molar-refractivity contribution in [1.82, 2.24) is 15.3 Å². The fourth-order valence-electron chi connectivity index (χ4n) is 3.79. The van der Waals surface area contributed by atoms with Gasteiger partial charge in [0.05, 0.1) is 14.5 Å². The first-order valence-electron chi connectivity index (χ1n) is 7.77. The monoisotopic (exact) mass is 568 g/mol. The zero-order valence-corrected chi connectivity index (χ0v) is 18.6. The van der Waals surface area contributed by atoms with Crippen molar-refractivity contribution in [3.63, 3.8) is 0 Å². The van der Waals surface area contributed by atoms with Crippen LogP contribution in [0.2, 0.25) is 0 Å². The Labute approximate surface area is 168 Å². The predicted molar refractivity (Wildman–Crippen MR) is 108 cm³/mol. The molecule has 0 spiro atoms. The molecule has 2 unspecified atom stereocenters. The van der Waals surface area contributed by atoms with Gasteiger partial charge in [-0.1, -0.05) is 0 Å². The highest BCUT2D eigenvalue weighted by molar-refractivity contribution is 9.15. The van der Waals surface area contributed by atoms with Gasteiger partial charge in [0.2, 0.25) is 5.95 Å². The van der Waals surface area contributed by atoms with Crippen molar-refractivity contribution in [3.05, 3.63) is 17.9 Å². The summed E-state index contributed by atoms with van der Waals surface area (Å²) < 4.78 is 3.95. The van der Waals surface area contributed by atoms with E-state index in [9.17, 15) is 0 Å². The molecule has 1 aromatic heterocycles. The van der Waals surface area contributed by atoms with Crippen molar-refractivity contribution < 1.29 is 0 Å². The molecule has 124 valence electrons. The summed E-state index contributed by atoms with van der Waals surface area (Å²) in [7, 11) is 0. The number of anilines is 1. The molecule has 23 heavy (non-hydrogen) atoms. The fraction of sp³-hybridized carbons (Fsp3) is 0.533. The Morgan fingerprint density at radius 1 is 0.913 bits per heavy atom. The summed E-state index contributed by atoms with van der Waals surface area (Å²) in [4.78, 5) is 10.9. The molecular weight excluding hydrogens is 556 g/mol. The molecule has 4 rings (SSSR count). The normalized spacial score (nSPS) is 25.0. The van der Waals surface area contributed by atoms with Gasteiger partial charge in [-0.2, -0.15) is 0 Å². The summed E-state index contributed by atoms with van der Waals surface area (Å²) in [6, 6.07) is 0.593. The third-order valence-electron chi connectivity index (χ3n) is 4.96. The zero-order valence-electron chi connectivity index (χ0n) is 12.3. The lowest BCUT2D eigenvalue weighted by Gasteiger charge is -2.26. The van der Waals surface area contributed by atoms with Crippen molar-refractivity contribution in [2.45, 2.75) is 25.3 Å². The molecule has 0 aliphatic carbocycles. The van der Waals surface area contributed by atoms with Crippen LogP contribution in [0.1, 0.15) is 19.3 Å². The summed E-state index contributed by atoms with van der Waals surface area (Å²) in [5.74, 6) is 1.77. The maximum atomic E-state index is 4.90. The molecule has 0 radical (unpaired) electrons. The van der Waals surface area contributed by atoms with Gasteiger partial charge >= 0.3 is 0 Å². The van der Waals surface area contributed by atoms with Crippen LogP contribution >= 0.6 is 63.7 Å². The van der Waals surface area contributed by atoms with Gasteiger partial charge in [-0.25, -0.2) is 4.98 Å². The van der Waals surface area contributed by atoms with Crippen LogP contribution < -0.4 is 10.2 Å². The van der Waals surface area contributed by atoms with E-state index in [2.05, 4.69) is 78.9 Å². The highest BCUT2D eigenvalue weighted by atomic mass is 79.9. The molecule has 0 amide bonds. The van der Waals surface area contributed by atoms with Gasteiger partial charge < -0.3 is 15.2 Å². The number of halogens is 4. The Hall–Kier alpha value is 0.370. The van der Waals surface area contributed by atoms with E-state index in [1.807, 2.05) is 0 Å². The SMILES string of the molecule is Brc1c(Br)c(Br)c2[nH]c(N3CCC4CCNCCC43)nc2c1Br. The second kappa shape index (κ2) is 6.59. The molecule has 2 N–H and O–H groups in total. The summed E-state index contributed by atoms with van der Waals surface area (Å²) in [5, 5.41) is 3.52. The average Bonchev–Trinajstić information content (AvgIpc) is 3.09. The van der Waals surface area contributed by atoms with Gasteiger partial charge in [-0.15, -0.1) is 0 Å². The molecular formula is C15H16Br4N4. The predicted octanol–water partition coefficient (Wildman–Crippen LogP) is 5.19. The zero-order chi connectivity index (χ0) is 16.1. The lowest BCUT2D eigenvalue weighted by molar-refractivity contribution is 0.456. The summed E-state index contributed by atoms with van der Waals surface area (Å²) in [6.07, 6.45) is 3.72. The van der Waals surface area contributed by atoms with Crippen LogP contribution in [0.15, 0.2) is 17.9 Å². The minimum Gasteiger partial charge on any atom is -0.339 e. The Kier molecular flexibility index (Phi) is 4.82.